The number of carbonyl (C=O) groups is 1. The van der Waals surface area contributed by atoms with Gasteiger partial charge in [-0.25, -0.2) is 13.1 Å². The summed E-state index contributed by atoms with van der Waals surface area (Å²) >= 11 is 0. The minimum absolute atomic E-state index is 0.0937. The number of Topliss-reactive ketones (excluding diaryl/α,β-unsaturated/α-hetero) is 1. The summed E-state index contributed by atoms with van der Waals surface area (Å²) in [5.74, 6) is 0.667. The van der Waals surface area contributed by atoms with E-state index in [1.807, 2.05) is 12.1 Å². The highest BCUT2D eigenvalue weighted by Gasteiger charge is 2.27. The lowest BCUT2D eigenvalue weighted by Gasteiger charge is -2.25. The molecule has 1 aliphatic rings. The molecule has 1 aliphatic heterocycles. The zero-order valence-corrected chi connectivity index (χ0v) is 15.0. The van der Waals surface area contributed by atoms with Gasteiger partial charge in [-0.3, -0.25) is 9.69 Å². The Morgan fingerprint density at radius 3 is 2.44 bits per heavy atom. The topological polar surface area (TPSA) is 79.6 Å². The summed E-state index contributed by atoms with van der Waals surface area (Å²) in [7, 11) is -3.65. The average molecular weight is 362 g/mol. The molecule has 0 spiro atoms. The Labute approximate surface area is 147 Å². The second-order valence-corrected chi connectivity index (χ2v) is 7.97. The molecule has 1 aromatic heterocycles. The summed E-state index contributed by atoms with van der Waals surface area (Å²) < 4.78 is 33.3. The maximum atomic E-state index is 12.6. The third kappa shape index (κ3) is 4.18. The van der Waals surface area contributed by atoms with Crippen LogP contribution in [0.25, 0.3) is 0 Å². The standard InChI is InChI=1S/C18H22N2O4S/c1-14(21)15-6-8-16(9-7-15)25(22,23)19-13-17(18-5-4-12-24-18)20-10-2-3-11-20/h4-9,12,17,19H,2-3,10-11,13H2,1H3/t17-/m1/s1. The molecular weight excluding hydrogens is 340 g/mol. The van der Waals surface area contributed by atoms with Crippen LogP contribution in [0.3, 0.4) is 0 Å². The Balaban J connectivity index is 1.73. The molecule has 7 heteroatoms. The van der Waals surface area contributed by atoms with E-state index in [1.165, 1.54) is 31.2 Å². The number of hydrogen-bond donors (Lipinski definition) is 1. The number of carbonyl (C=O) groups excluding carboxylic acids is 1. The van der Waals surface area contributed by atoms with Crippen molar-refractivity contribution in [2.24, 2.45) is 0 Å². The van der Waals surface area contributed by atoms with Crippen molar-refractivity contribution in [3.8, 4) is 0 Å². The molecule has 3 rings (SSSR count). The molecule has 1 atom stereocenters. The molecule has 0 radical (unpaired) electrons. The summed E-state index contributed by atoms with van der Waals surface area (Å²) in [4.78, 5) is 13.7. The minimum atomic E-state index is -3.65. The van der Waals surface area contributed by atoms with Crippen molar-refractivity contribution in [3.63, 3.8) is 0 Å². The Morgan fingerprint density at radius 2 is 1.88 bits per heavy atom. The molecule has 0 aliphatic carbocycles. The van der Waals surface area contributed by atoms with Crippen LogP contribution in [0.4, 0.5) is 0 Å². The molecule has 0 amide bonds. The summed E-state index contributed by atoms with van der Waals surface area (Å²) in [6.45, 7) is 3.55. The molecular formula is C18H22N2O4S. The first-order valence-electron chi connectivity index (χ1n) is 8.35. The van der Waals surface area contributed by atoms with Crippen molar-refractivity contribution in [1.29, 1.82) is 0 Å². The largest absolute Gasteiger partial charge is 0.468 e. The van der Waals surface area contributed by atoms with E-state index in [9.17, 15) is 13.2 Å². The number of ketones is 1. The highest BCUT2D eigenvalue weighted by molar-refractivity contribution is 7.89. The van der Waals surface area contributed by atoms with Crippen LogP contribution in [-0.2, 0) is 10.0 Å². The summed E-state index contributed by atoms with van der Waals surface area (Å²) in [5, 5.41) is 0. The second-order valence-electron chi connectivity index (χ2n) is 6.21. The summed E-state index contributed by atoms with van der Waals surface area (Å²) in [6, 6.07) is 9.53. The SMILES string of the molecule is CC(=O)c1ccc(S(=O)(=O)NC[C@H](c2ccco2)N2CCCC2)cc1. The van der Waals surface area contributed by atoms with Crippen molar-refractivity contribution in [2.75, 3.05) is 19.6 Å². The van der Waals surface area contributed by atoms with Crippen LogP contribution in [0.2, 0.25) is 0 Å². The van der Waals surface area contributed by atoms with Crippen LogP contribution in [0.1, 0.15) is 41.9 Å². The molecule has 1 N–H and O–H groups in total. The first-order chi connectivity index (χ1) is 12.0. The van der Waals surface area contributed by atoms with Crippen molar-refractivity contribution >= 4 is 15.8 Å². The monoisotopic (exact) mass is 362 g/mol. The van der Waals surface area contributed by atoms with Gasteiger partial charge in [0.15, 0.2) is 5.78 Å². The number of likely N-dealkylation sites (tertiary alicyclic amines) is 1. The van der Waals surface area contributed by atoms with Crippen molar-refractivity contribution < 1.29 is 17.6 Å². The van der Waals surface area contributed by atoms with E-state index in [4.69, 9.17) is 4.42 Å². The first kappa shape index (κ1) is 17.8. The lowest BCUT2D eigenvalue weighted by atomic mass is 10.2. The third-order valence-electron chi connectivity index (χ3n) is 4.49. The fourth-order valence-corrected chi connectivity index (χ4v) is 4.12. The van der Waals surface area contributed by atoms with Gasteiger partial charge >= 0.3 is 0 Å². The van der Waals surface area contributed by atoms with E-state index in [1.54, 1.807) is 6.26 Å². The van der Waals surface area contributed by atoms with Gasteiger partial charge in [-0.2, -0.15) is 0 Å². The molecule has 0 bridgehead atoms. The molecule has 2 aromatic rings. The van der Waals surface area contributed by atoms with Crippen LogP contribution >= 0.6 is 0 Å². The molecule has 1 aromatic carbocycles. The first-order valence-corrected chi connectivity index (χ1v) is 9.84. The van der Waals surface area contributed by atoms with Crippen molar-refractivity contribution in [2.45, 2.75) is 30.7 Å². The molecule has 0 saturated carbocycles. The van der Waals surface area contributed by atoms with Gasteiger partial charge in [0.25, 0.3) is 0 Å². The van der Waals surface area contributed by atoms with E-state index in [2.05, 4.69) is 9.62 Å². The van der Waals surface area contributed by atoms with Gasteiger partial charge in [0.2, 0.25) is 10.0 Å². The van der Waals surface area contributed by atoms with Crippen LogP contribution in [0, 0.1) is 0 Å². The number of rotatable bonds is 7. The molecule has 1 fully saturated rings. The van der Waals surface area contributed by atoms with Gasteiger partial charge in [-0.15, -0.1) is 0 Å². The molecule has 6 nitrogen and oxygen atoms in total. The zero-order valence-electron chi connectivity index (χ0n) is 14.1. The van der Waals surface area contributed by atoms with Gasteiger partial charge in [0.05, 0.1) is 17.2 Å². The van der Waals surface area contributed by atoms with Gasteiger partial charge in [-0.05, 0) is 57.1 Å². The number of nitrogens with one attached hydrogen (secondary N) is 1. The van der Waals surface area contributed by atoms with Gasteiger partial charge < -0.3 is 4.42 Å². The Bertz CT molecular complexity index is 807. The van der Waals surface area contributed by atoms with E-state index in [0.717, 1.165) is 31.7 Å². The predicted molar refractivity (Wildman–Crippen MR) is 93.9 cm³/mol. The lowest BCUT2D eigenvalue weighted by Crippen LogP contribution is -2.36. The van der Waals surface area contributed by atoms with Crippen LogP contribution in [0.5, 0.6) is 0 Å². The fraction of sp³-hybridized carbons (Fsp3) is 0.389. The molecule has 25 heavy (non-hydrogen) atoms. The maximum Gasteiger partial charge on any atom is 0.240 e. The predicted octanol–water partition coefficient (Wildman–Crippen LogP) is 2.60. The highest BCUT2D eigenvalue weighted by atomic mass is 32.2. The maximum absolute atomic E-state index is 12.6. The van der Waals surface area contributed by atoms with Crippen LogP contribution in [0.15, 0.2) is 52.0 Å². The number of sulfonamides is 1. The fourth-order valence-electron chi connectivity index (χ4n) is 3.08. The average Bonchev–Trinajstić information content (AvgIpc) is 3.29. The molecule has 1 saturated heterocycles. The quantitative estimate of drug-likeness (QED) is 0.766. The third-order valence-corrected chi connectivity index (χ3v) is 5.93. The number of furan rings is 1. The molecule has 134 valence electrons. The van der Waals surface area contributed by atoms with E-state index < -0.39 is 10.0 Å². The second kappa shape index (κ2) is 7.51. The number of benzene rings is 1. The normalized spacial score (nSPS) is 16.8. The summed E-state index contributed by atoms with van der Waals surface area (Å²) in [6.07, 6.45) is 3.82. The van der Waals surface area contributed by atoms with Crippen LogP contribution < -0.4 is 4.72 Å². The van der Waals surface area contributed by atoms with Gasteiger partial charge in [0, 0.05) is 12.1 Å². The molecule has 0 unspecified atom stereocenters. The Morgan fingerprint density at radius 1 is 1.20 bits per heavy atom. The van der Waals surface area contributed by atoms with Gasteiger partial charge in [0.1, 0.15) is 5.76 Å². The molecule has 2 heterocycles. The van der Waals surface area contributed by atoms with E-state index in [-0.39, 0.29) is 23.3 Å². The Hall–Kier alpha value is -1.96. The Kier molecular flexibility index (Phi) is 5.36. The highest BCUT2D eigenvalue weighted by Crippen LogP contribution is 2.25. The minimum Gasteiger partial charge on any atom is -0.468 e. The van der Waals surface area contributed by atoms with Crippen LogP contribution in [-0.4, -0.2) is 38.7 Å². The van der Waals surface area contributed by atoms with Gasteiger partial charge in [-0.1, -0.05) is 12.1 Å². The smallest absolute Gasteiger partial charge is 0.240 e. The summed E-state index contributed by atoms with van der Waals surface area (Å²) in [5.41, 5.74) is 0.490. The van der Waals surface area contributed by atoms with Crippen molar-refractivity contribution in [1.82, 2.24) is 9.62 Å². The lowest BCUT2D eigenvalue weighted by molar-refractivity contribution is 0.101. The van der Waals surface area contributed by atoms with E-state index >= 15 is 0 Å². The zero-order chi connectivity index (χ0) is 17.9. The number of nitrogens with zero attached hydrogens (tertiary/aromatic N) is 1. The van der Waals surface area contributed by atoms with E-state index in [0.29, 0.717) is 5.56 Å². The van der Waals surface area contributed by atoms with Crippen molar-refractivity contribution in [3.05, 3.63) is 54.0 Å². The number of hydrogen-bond acceptors (Lipinski definition) is 5.